The molecule has 1 heterocycles. The minimum Gasteiger partial charge on any atom is -0.497 e. The summed E-state index contributed by atoms with van der Waals surface area (Å²) in [5.74, 6) is 0.843. The van der Waals surface area contributed by atoms with Crippen molar-refractivity contribution in [2.24, 2.45) is 0 Å². The Labute approximate surface area is 150 Å². The third-order valence-corrected chi connectivity index (χ3v) is 4.25. The van der Waals surface area contributed by atoms with E-state index in [1.807, 2.05) is 30.3 Å². The predicted molar refractivity (Wildman–Crippen MR) is 96.6 cm³/mol. The molecule has 0 unspecified atom stereocenters. The third kappa shape index (κ3) is 7.57. The van der Waals surface area contributed by atoms with Crippen molar-refractivity contribution in [3.63, 3.8) is 0 Å². The van der Waals surface area contributed by atoms with Crippen LogP contribution in [0.3, 0.4) is 0 Å². The zero-order valence-corrected chi connectivity index (χ0v) is 15.1. The summed E-state index contributed by atoms with van der Waals surface area (Å²) >= 11 is 0. The van der Waals surface area contributed by atoms with Crippen molar-refractivity contribution in [1.29, 1.82) is 0 Å². The Hall–Kier alpha value is -1.40. The summed E-state index contributed by atoms with van der Waals surface area (Å²) in [6, 6.07) is 7.85. The largest absolute Gasteiger partial charge is 0.497 e. The lowest BCUT2D eigenvalue weighted by Gasteiger charge is -2.27. The van der Waals surface area contributed by atoms with E-state index in [1.165, 1.54) is 0 Å². The van der Waals surface area contributed by atoms with Gasteiger partial charge in [0.2, 0.25) is 0 Å². The smallest absolute Gasteiger partial charge is 0.118 e. The lowest BCUT2D eigenvalue weighted by Crippen LogP contribution is -2.29. The number of benzene rings is 1. The maximum absolute atomic E-state index is 9.93. The Kier molecular flexibility index (Phi) is 8.41. The molecule has 5 heteroatoms. The summed E-state index contributed by atoms with van der Waals surface area (Å²) in [7, 11) is 1.65. The summed E-state index contributed by atoms with van der Waals surface area (Å²) in [6.07, 6.45) is 5.69. The zero-order valence-electron chi connectivity index (χ0n) is 15.1. The molecule has 1 aromatic rings. The maximum Gasteiger partial charge on any atom is 0.118 e. The van der Waals surface area contributed by atoms with Gasteiger partial charge in [-0.25, -0.2) is 0 Å². The summed E-state index contributed by atoms with van der Waals surface area (Å²) < 4.78 is 16.9. The predicted octanol–water partition coefficient (Wildman–Crippen LogP) is 2.84. The SMILES string of the molecule is COc1ccc(COCC[C@@H]2CC=C[C@@H](C[C@H](O)C[C@@H](C)O)O2)cc1. The number of aliphatic hydroxyl groups is 2. The number of hydrogen-bond acceptors (Lipinski definition) is 5. The second kappa shape index (κ2) is 10.6. The fourth-order valence-electron chi connectivity index (χ4n) is 2.93. The molecule has 1 aromatic carbocycles. The van der Waals surface area contributed by atoms with Gasteiger partial charge in [0.05, 0.1) is 38.1 Å². The van der Waals surface area contributed by atoms with Gasteiger partial charge in [-0.15, -0.1) is 0 Å². The molecule has 140 valence electrons. The van der Waals surface area contributed by atoms with Crippen LogP contribution < -0.4 is 4.74 Å². The Balaban J connectivity index is 1.64. The minimum atomic E-state index is -0.542. The van der Waals surface area contributed by atoms with E-state index in [2.05, 4.69) is 6.08 Å². The van der Waals surface area contributed by atoms with Crippen LogP contribution in [0.4, 0.5) is 0 Å². The molecule has 0 radical (unpaired) electrons. The molecule has 2 N–H and O–H groups in total. The summed E-state index contributed by atoms with van der Waals surface area (Å²) in [5, 5.41) is 19.3. The van der Waals surface area contributed by atoms with Gasteiger partial charge in [0.1, 0.15) is 5.75 Å². The van der Waals surface area contributed by atoms with Crippen LogP contribution >= 0.6 is 0 Å². The molecule has 1 aliphatic rings. The van der Waals surface area contributed by atoms with Crippen molar-refractivity contribution in [3.05, 3.63) is 42.0 Å². The first kappa shape index (κ1) is 19.9. The molecule has 0 spiro atoms. The van der Waals surface area contributed by atoms with Crippen LogP contribution in [-0.2, 0) is 16.1 Å². The zero-order chi connectivity index (χ0) is 18.1. The van der Waals surface area contributed by atoms with Gasteiger partial charge < -0.3 is 24.4 Å². The van der Waals surface area contributed by atoms with Gasteiger partial charge >= 0.3 is 0 Å². The monoisotopic (exact) mass is 350 g/mol. The molecular formula is C20H30O5. The number of hydrogen-bond donors (Lipinski definition) is 2. The van der Waals surface area contributed by atoms with Crippen LogP contribution in [-0.4, -0.2) is 48.3 Å². The molecule has 1 aliphatic heterocycles. The van der Waals surface area contributed by atoms with Crippen LogP contribution in [0.25, 0.3) is 0 Å². The second-order valence-corrected chi connectivity index (χ2v) is 6.62. The number of methoxy groups -OCH3 is 1. The molecular weight excluding hydrogens is 320 g/mol. The lowest BCUT2D eigenvalue weighted by molar-refractivity contribution is -0.0390. The van der Waals surface area contributed by atoms with E-state index in [4.69, 9.17) is 14.2 Å². The Bertz CT molecular complexity index is 511. The van der Waals surface area contributed by atoms with Crippen molar-refractivity contribution >= 4 is 0 Å². The molecule has 0 saturated carbocycles. The van der Waals surface area contributed by atoms with Crippen molar-refractivity contribution in [1.82, 2.24) is 0 Å². The summed E-state index contributed by atoms with van der Waals surface area (Å²) in [6.45, 7) is 2.89. The van der Waals surface area contributed by atoms with E-state index in [-0.39, 0.29) is 12.2 Å². The molecule has 0 amide bonds. The van der Waals surface area contributed by atoms with E-state index in [1.54, 1.807) is 14.0 Å². The fraction of sp³-hybridized carbons (Fsp3) is 0.600. The maximum atomic E-state index is 9.93. The van der Waals surface area contributed by atoms with Gasteiger partial charge in [-0.05, 0) is 43.9 Å². The van der Waals surface area contributed by atoms with Gasteiger partial charge in [-0.1, -0.05) is 24.3 Å². The highest BCUT2D eigenvalue weighted by Crippen LogP contribution is 2.20. The Morgan fingerprint density at radius 3 is 2.68 bits per heavy atom. The molecule has 4 atom stereocenters. The number of rotatable bonds is 10. The van der Waals surface area contributed by atoms with Crippen LogP contribution in [0.1, 0.15) is 38.2 Å². The van der Waals surface area contributed by atoms with Crippen LogP contribution in [0, 0.1) is 0 Å². The average molecular weight is 350 g/mol. The average Bonchev–Trinajstić information content (AvgIpc) is 2.59. The van der Waals surface area contributed by atoms with Crippen molar-refractivity contribution in [3.8, 4) is 5.75 Å². The first-order valence-electron chi connectivity index (χ1n) is 8.95. The molecule has 5 nitrogen and oxygen atoms in total. The molecule has 2 rings (SSSR count). The number of ether oxygens (including phenoxy) is 3. The van der Waals surface area contributed by atoms with E-state index < -0.39 is 12.2 Å². The third-order valence-electron chi connectivity index (χ3n) is 4.25. The first-order valence-corrected chi connectivity index (χ1v) is 8.95. The van der Waals surface area contributed by atoms with E-state index in [0.717, 1.165) is 24.2 Å². The van der Waals surface area contributed by atoms with Crippen molar-refractivity contribution in [2.45, 2.75) is 63.6 Å². The first-order chi connectivity index (χ1) is 12.1. The Morgan fingerprint density at radius 1 is 1.24 bits per heavy atom. The van der Waals surface area contributed by atoms with E-state index in [0.29, 0.717) is 26.1 Å². The van der Waals surface area contributed by atoms with Gasteiger partial charge in [0.25, 0.3) is 0 Å². The summed E-state index contributed by atoms with van der Waals surface area (Å²) in [5.41, 5.74) is 1.12. The minimum absolute atomic E-state index is 0.0888. The van der Waals surface area contributed by atoms with Gasteiger partial charge in [-0.3, -0.25) is 0 Å². The van der Waals surface area contributed by atoms with Crippen molar-refractivity contribution in [2.75, 3.05) is 13.7 Å². The molecule has 25 heavy (non-hydrogen) atoms. The normalized spacial score (nSPS) is 22.6. The van der Waals surface area contributed by atoms with Crippen LogP contribution in [0.5, 0.6) is 5.75 Å². The van der Waals surface area contributed by atoms with Gasteiger partial charge in [-0.2, -0.15) is 0 Å². The molecule has 0 aliphatic carbocycles. The highest BCUT2D eigenvalue weighted by Gasteiger charge is 2.21. The van der Waals surface area contributed by atoms with E-state index in [9.17, 15) is 10.2 Å². The molecule has 0 bridgehead atoms. The van der Waals surface area contributed by atoms with Gasteiger partial charge in [0, 0.05) is 13.0 Å². The topological polar surface area (TPSA) is 68.2 Å². The highest BCUT2D eigenvalue weighted by molar-refractivity contribution is 5.26. The van der Waals surface area contributed by atoms with Crippen molar-refractivity contribution < 1.29 is 24.4 Å². The fourth-order valence-corrected chi connectivity index (χ4v) is 2.93. The van der Waals surface area contributed by atoms with Crippen LogP contribution in [0.15, 0.2) is 36.4 Å². The van der Waals surface area contributed by atoms with Crippen LogP contribution in [0.2, 0.25) is 0 Å². The second-order valence-electron chi connectivity index (χ2n) is 6.62. The number of aliphatic hydroxyl groups excluding tert-OH is 2. The molecule has 0 aromatic heterocycles. The highest BCUT2D eigenvalue weighted by atomic mass is 16.5. The van der Waals surface area contributed by atoms with Gasteiger partial charge in [0.15, 0.2) is 0 Å². The quantitative estimate of drug-likeness (QED) is 0.502. The molecule has 0 saturated heterocycles. The lowest BCUT2D eigenvalue weighted by atomic mass is 10.0. The molecule has 0 fully saturated rings. The summed E-state index contributed by atoms with van der Waals surface area (Å²) in [4.78, 5) is 0. The standard InChI is InChI=1S/C20H30O5/c1-15(21)12-17(22)13-20-5-3-4-19(25-20)10-11-24-14-16-6-8-18(23-2)9-7-16/h3,5-9,15,17,19-22H,4,10-14H2,1-2H3/t15-,17-,19+,20+/m1/s1. The Morgan fingerprint density at radius 2 is 2.00 bits per heavy atom. The van der Waals surface area contributed by atoms with E-state index >= 15 is 0 Å².